The number of hydrogen-bond acceptors (Lipinski definition) is 6. The van der Waals surface area contributed by atoms with Gasteiger partial charge in [-0.15, -0.1) is 0 Å². The molecule has 0 unspecified atom stereocenters. The van der Waals surface area contributed by atoms with Crippen LogP contribution in [0, 0.1) is 0 Å². The maximum Gasteiger partial charge on any atom is 1.00 e. The molecule has 0 aromatic carbocycles. The Kier molecular flexibility index (Phi) is 46.8. The summed E-state index contributed by atoms with van der Waals surface area (Å²) in [6.45, 7) is 3.70. The number of aliphatic carboxylic acids is 1. The Bertz CT molecular complexity index is 788. The predicted octanol–water partition coefficient (Wildman–Crippen LogP) is 7.03. The van der Waals surface area contributed by atoms with Gasteiger partial charge in [0.15, 0.2) is 0 Å². The molecule has 0 heterocycles. The van der Waals surface area contributed by atoms with Gasteiger partial charge < -0.3 is 24.9 Å². The van der Waals surface area contributed by atoms with Crippen molar-refractivity contribution < 1.29 is 59.2 Å². The zero-order valence-corrected chi connectivity index (χ0v) is 33.7. The molecule has 0 aromatic rings. The van der Waals surface area contributed by atoms with Crippen molar-refractivity contribution in [2.75, 3.05) is 7.11 Å². The van der Waals surface area contributed by atoms with Crippen molar-refractivity contribution in [3.8, 4) is 0 Å². The number of carboxylic acid groups (broad SMARTS) is 1. The van der Waals surface area contributed by atoms with Crippen molar-refractivity contribution in [3.63, 3.8) is 0 Å². The van der Waals surface area contributed by atoms with E-state index in [1.807, 2.05) is 13.8 Å². The van der Waals surface area contributed by atoms with Gasteiger partial charge in [-0.2, -0.15) is 0 Å². The van der Waals surface area contributed by atoms with Crippen LogP contribution in [0.15, 0.2) is 48.6 Å². The second kappa shape index (κ2) is 43.8. The maximum absolute atomic E-state index is 10.9. The van der Waals surface area contributed by atoms with Gasteiger partial charge in [-0.25, -0.2) is 0 Å². The number of carbonyl (C=O) groups excluding carboxylic acids is 2. The summed E-state index contributed by atoms with van der Waals surface area (Å²) < 4.78 is 4.61. The molecule has 0 amide bonds. The van der Waals surface area contributed by atoms with E-state index >= 15 is 0 Å². The van der Waals surface area contributed by atoms with Crippen molar-refractivity contribution in [2.45, 2.75) is 193 Å². The van der Waals surface area contributed by atoms with Crippen LogP contribution in [-0.2, 0) is 14.3 Å². The number of methoxy groups -OCH3 is 1. The van der Waals surface area contributed by atoms with Gasteiger partial charge in [0.1, 0.15) is 0 Å². The number of hydrogen-bond donors (Lipinski definition) is 2. The second-order valence-corrected chi connectivity index (χ2v) is 12.9. The van der Waals surface area contributed by atoms with Gasteiger partial charge in [-0.1, -0.05) is 87.1 Å². The van der Waals surface area contributed by atoms with Crippen LogP contribution in [0.3, 0.4) is 0 Å². The summed E-state index contributed by atoms with van der Waals surface area (Å²) >= 11 is 0. The number of carboxylic acids is 1. The van der Waals surface area contributed by atoms with Crippen LogP contribution >= 0.6 is 0 Å². The average Bonchev–Trinajstić information content (AvgIpc) is 3.03. The quantitative estimate of drug-likeness (QED) is 0.0341. The third kappa shape index (κ3) is 51.7. The van der Waals surface area contributed by atoms with Gasteiger partial charge >= 0.3 is 35.5 Å². The third-order valence-corrected chi connectivity index (χ3v) is 7.87. The number of allylic oxidation sites excluding steroid dienone is 8. The average molecular weight is 685 g/mol. The number of ether oxygens (including phenoxy) is 1. The maximum atomic E-state index is 10.9. The minimum absolute atomic E-state index is 0. The topological polar surface area (TPSA) is 107 Å². The Morgan fingerprint density at radius 3 is 1.06 bits per heavy atom. The second-order valence-electron chi connectivity index (χ2n) is 12.9. The first-order chi connectivity index (χ1) is 22.8. The largest absolute Gasteiger partial charge is 1.00 e. The molecule has 274 valence electrons. The van der Waals surface area contributed by atoms with Crippen LogP contribution in [0.1, 0.15) is 181 Å². The number of carbonyl (C=O) groups is 2. The van der Waals surface area contributed by atoms with Crippen molar-refractivity contribution in [1.29, 1.82) is 0 Å². The van der Waals surface area contributed by atoms with Crippen LogP contribution in [0.4, 0.5) is 0 Å². The molecule has 0 bridgehead atoms. The summed E-state index contributed by atoms with van der Waals surface area (Å²) in [5.41, 5.74) is 0. The van der Waals surface area contributed by atoms with E-state index in [-0.39, 0.29) is 54.2 Å². The molecule has 0 rings (SSSR count). The van der Waals surface area contributed by atoms with E-state index in [2.05, 4.69) is 53.3 Å². The van der Waals surface area contributed by atoms with Crippen LogP contribution < -0.4 is 34.7 Å². The summed E-state index contributed by atoms with van der Waals surface area (Å²) in [7, 11) is 1.44. The number of aliphatic hydroxyl groups is 2. The first kappa shape index (κ1) is 51.2. The molecule has 6 nitrogen and oxygen atoms in total. The van der Waals surface area contributed by atoms with Gasteiger partial charge in [0, 0.05) is 12.4 Å². The zero-order chi connectivity index (χ0) is 35.1. The molecular formula is C41H73NaO6. The Morgan fingerprint density at radius 2 is 0.771 bits per heavy atom. The summed E-state index contributed by atoms with van der Waals surface area (Å²) in [6.07, 6.45) is 45.2. The standard InChI is InChI=1S/C21H38O3.C20H36O3.Na/c1-20(22)18-16-14-12-10-8-6-4-3-5-7-9-11-13-15-17-19-21(23)24-2;1-19(21)17-15-13-11-9-7-5-3-2-4-6-8-10-12-14-16-18-20(22)23;/h10-13,20,22H,3-9,14-19H2,1-2H3;9-12,19,21H,2-8,13-18H2,1H3,(H,22,23);/q;;+1/p-1/b12-10-,13-11-;11-9-,12-10-;/t20-;19-;/m00./s1. The SMILES string of the molecule is COC(=O)CCC/C=C\CCCCCCC/C=C\CCC[C@H](C)O.C[C@H](O)CCC/C=C\CCCCCCC/C=C\CCCC(=O)[O-].[Na+]. The van der Waals surface area contributed by atoms with Crippen molar-refractivity contribution in [1.82, 2.24) is 0 Å². The van der Waals surface area contributed by atoms with E-state index in [0.29, 0.717) is 12.8 Å². The molecule has 2 N–H and O–H groups in total. The number of aliphatic hydroxyl groups excluding tert-OH is 2. The molecule has 0 aliphatic carbocycles. The van der Waals surface area contributed by atoms with E-state index in [0.717, 1.165) is 70.6 Å². The molecule has 48 heavy (non-hydrogen) atoms. The third-order valence-electron chi connectivity index (χ3n) is 7.87. The Balaban J connectivity index is -0.000000827. The molecule has 0 saturated heterocycles. The predicted molar refractivity (Wildman–Crippen MR) is 197 cm³/mol. The Labute approximate surface area is 318 Å². The summed E-state index contributed by atoms with van der Waals surface area (Å²) in [6, 6.07) is 0. The Hall–Kier alpha value is -1.18. The number of rotatable bonds is 32. The van der Waals surface area contributed by atoms with Crippen LogP contribution in [0.5, 0.6) is 0 Å². The fraction of sp³-hybridized carbons (Fsp3) is 0.756. The first-order valence-corrected chi connectivity index (χ1v) is 19.0. The molecule has 0 aliphatic rings. The van der Waals surface area contributed by atoms with Crippen LogP contribution in [-0.4, -0.2) is 41.5 Å². The fourth-order valence-corrected chi connectivity index (χ4v) is 4.95. The number of esters is 1. The van der Waals surface area contributed by atoms with E-state index in [1.165, 1.54) is 84.2 Å². The van der Waals surface area contributed by atoms with E-state index < -0.39 is 5.97 Å². The van der Waals surface area contributed by atoms with Gasteiger partial charge in [0.2, 0.25) is 0 Å². The normalized spacial score (nSPS) is 12.8. The van der Waals surface area contributed by atoms with Gasteiger partial charge in [-0.05, 0) is 136 Å². The van der Waals surface area contributed by atoms with Crippen molar-refractivity contribution in [2.24, 2.45) is 0 Å². The smallest absolute Gasteiger partial charge is 0.550 e. The molecule has 0 fully saturated rings. The molecule has 0 radical (unpaired) electrons. The summed E-state index contributed by atoms with van der Waals surface area (Å²) in [4.78, 5) is 21.1. The van der Waals surface area contributed by atoms with Crippen molar-refractivity contribution in [3.05, 3.63) is 48.6 Å². The van der Waals surface area contributed by atoms with E-state index in [1.54, 1.807) is 0 Å². The van der Waals surface area contributed by atoms with Gasteiger partial charge in [0.05, 0.1) is 19.3 Å². The molecule has 0 aliphatic heterocycles. The van der Waals surface area contributed by atoms with E-state index in [4.69, 9.17) is 10.2 Å². The molecule has 0 spiro atoms. The summed E-state index contributed by atoms with van der Waals surface area (Å²) in [5.74, 6) is -1.06. The minimum atomic E-state index is -0.951. The molecule has 2 atom stereocenters. The van der Waals surface area contributed by atoms with Crippen LogP contribution in [0.25, 0.3) is 0 Å². The van der Waals surface area contributed by atoms with E-state index in [9.17, 15) is 14.7 Å². The minimum Gasteiger partial charge on any atom is -0.550 e. The van der Waals surface area contributed by atoms with Gasteiger partial charge in [0.25, 0.3) is 0 Å². The van der Waals surface area contributed by atoms with Crippen molar-refractivity contribution >= 4 is 11.9 Å². The first-order valence-electron chi connectivity index (χ1n) is 19.0. The molecule has 7 heteroatoms. The molecule has 0 aromatic heterocycles. The molecule has 0 saturated carbocycles. The summed E-state index contributed by atoms with van der Waals surface area (Å²) in [5, 5.41) is 28.5. The number of unbranched alkanes of at least 4 members (excludes halogenated alkanes) is 16. The zero-order valence-electron chi connectivity index (χ0n) is 31.7. The fourth-order valence-electron chi connectivity index (χ4n) is 4.95. The van der Waals surface area contributed by atoms with Gasteiger partial charge in [-0.3, -0.25) is 4.79 Å². The monoisotopic (exact) mass is 685 g/mol. The molecular weight excluding hydrogens is 611 g/mol. The Morgan fingerprint density at radius 1 is 0.500 bits per heavy atom. The van der Waals surface area contributed by atoms with Crippen LogP contribution in [0.2, 0.25) is 0 Å².